The molecule has 1 heterocycles. The first-order valence-electron chi connectivity index (χ1n) is 10.2. The molecule has 0 unspecified atom stereocenters. The highest BCUT2D eigenvalue weighted by Gasteiger charge is 2.14. The summed E-state index contributed by atoms with van der Waals surface area (Å²) in [6, 6.07) is 26.6. The number of fused-ring (bicyclic) bond motifs is 1. The maximum absolute atomic E-state index is 13.0. The van der Waals surface area contributed by atoms with Crippen LogP contribution in [0, 0.1) is 6.92 Å². The van der Waals surface area contributed by atoms with Crippen molar-refractivity contribution in [3.05, 3.63) is 102 Å². The first-order valence-corrected chi connectivity index (χ1v) is 10.2. The summed E-state index contributed by atoms with van der Waals surface area (Å²) in [5, 5.41) is 6.56. The minimum absolute atomic E-state index is 0.145. The summed E-state index contributed by atoms with van der Waals surface area (Å²) < 4.78 is 0. The highest BCUT2D eigenvalue weighted by molar-refractivity contribution is 6.07. The van der Waals surface area contributed by atoms with Crippen LogP contribution in [0.15, 0.2) is 84.9 Å². The molecule has 5 nitrogen and oxygen atoms in total. The molecule has 0 aliphatic carbocycles. The first kappa shape index (κ1) is 20.3. The molecule has 0 atom stereocenters. The second-order valence-corrected chi connectivity index (χ2v) is 7.26. The minimum atomic E-state index is -0.194. The van der Waals surface area contributed by atoms with Gasteiger partial charge in [-0.2, -0.15) is 0 Å². The molecule has 2 amide bonds. The molecule has 5 heteroatoms. The van der Waals surface area contributed by atoms with E-state index < -0.39 is 0 Å². The van der Waals surface area contributed by atoms with Crippen LogP contribution in [0.1, 0.15) is 26.3 Å². The Kier molecular flexibility index (Phi) is 6.03. The highest BCUT2D eigenvalue weighted by Crippen LogP contribution is 2.24. The van der Waals surface area contributed by atoms with Crippen molar-refractivity contribution < 1.29 is 9.59 Å². The molecule has 31 heavy (non-hydrogen) atoms. The summed E-state index contributed by atoms with van der Waals surface area (Å²) in [6.07, 6.45) is 0. The van der Waals surface area contributed by atoms with Gasteiger partial charge in [-0.1, -0.05) is 66.7 Å². The zero-order valence-corrected chi connectivity index (χ0v) is 17.3. The van der Waals surface area contributed by atoms with Gasteiger partial charge >= 0.3 is 0 Å². The number of pyridine rings is 1. The van der Waals surface area contributed by atoms with Gasteiger partial charge in [0.15, 0.2) is 0 Å². The Morgan fingerprint density at radius 1 is 0.742 bits per heavy atom. The summed E-state index contributed by atoms with van der Waals surface area (Å²) in [5.74, 6) is -0.339. The molecule has 0 saturated carbocycles. The number of hydrogen-bond donors (Lipinski definition) is 2. The molecule has 0 aliphatic rings. The fraction of sp³-hybridized carbons (Fsp3) is 0.115. The molecule has 0 bridgehead atoms. The Labute approximate surface area is 181 Å². The zero-order valence-electron chi connectivity index (χ0n) is 17.3. The van der Waals surface area contributed by atoms with Crippen molar-refractivity contribution in [2.24, 2.45) is 0 Å². The molecule has 0 fully saturated rings. The molecule has 1 aromatic heterocycles. The van der Waals surface area contributed by atoms with Crippen LogP contribution >= 0.6 is 0 Å². The molecule has 0 spiro atoms. The number of benzene rings is 3. The zero-order chi connectivity index (χ0) is 21.6. The van der Waals surface area contributed by atoms with E-state index in [0.717, 1.165) is 27.7 Å². The summed E-state index contributed by atoms with van der Waals surface area (Å²) in [7, 11) is 0. The van der Waals surface area contributed by atoms with Gasteiger partial charge in [-0.25, -0.2) is 4.98 Å². The number of nitrogens with zero attached hydrogens (tertiary/aromatic N) is 1. The van der Waals surface area contributed by atoms with Crippen molar-refractivity contribution in [1.29, 1.82) is 0 Å². The van der Waals surface area contributed by atoms with Gasteiger partial charge < -0.3 is 10.6 Å². The quantitative estimate of drug-likeness (QED) is 0.465. The van der Waals surface area contributed by atoms with Crippen LogP contribution in [0.4, 0.5) is 0 Å². The number of aryl methyl sites for hydroxylation is 1. The van der Waals surface area contributed by atoms with Gasteiger partial charge in [0.25, 0.3) is 11.8 Å². The maximum atomic E-state index is 13.0. The van der Waals surface area contributed by atoms with Gasteiger partial charge in [0, 0.05) is 29.6 Å². The lowest BCUT2D eigenvalue weighted by Gasteiger charge is -2.11. The van der Waals surface area contributed by atoms with Gasteiger partial charge in [-0.05, 0) is 30.7 Å². The molecule has 4 aromatic rings. The van der Waals surface area contributed by atoms with Crippen LogP contribution in [0.5, 0.6) is 0 Å². The van der Waals surface area contributed by atoms with Crippen LogP contribution in [-0.2, 0) is 0 Å². The third kappa shape index (κ3) is 4.61. The summed E-state index contributed by atoms with van der Waals surface area (Å²) in [5.41, 5.74) is 4.59. The van der Waals surface area contributed by atoms with Crippen molar-refractivity contribution in [3.8, 4) is 11.3 Å². The second-order valence-electron chi connectivity index (χ2n) is 7.26. The van der Waals surface area contributed by atoms with E-state index in [9.17, 15) is 9.59 Å². The second kappa shape index (κ2) is 9.22. The molecule has 154 valence electrons. The fourth-order valence-corrected chi connectivity index (χ4v) is 3.49. The minimum Gasteiger partial charge on any atom is -0.350 e. The molecule has 4 rings (SSSR count). The van der Waals surface area contributed by atoms with Crippen molar-refractivity contribution in [2.75, 3.05) is 13.1 Å². The summed E-state index contributed by atoms with van der Waals surface area (Å²) >= 11 is 0. The SMILES string of the molecule is Cc1ccccc1C(=O)NCCNC(=O)c1cc(-c2ccccc2)nc2ccccc12. The average Bonchev–Trinajstić information content (AvgIpc) is 2.81. The Balaban J connectivity index is 1.47. The number of rotatable bonds is 6. The third-order valence-electron chi connectivity index (χ3n) is 5.12. The predicted octanol–water partition coefficient (Wildman–Crippen LogP) is 4.37. The molecule has 0 radical (unpaired) electrons. The molecule has 3 aromatic carbocycles. The Bertz CT molecular complexity index is 1240. The van der Waals surface area contributed by atoms with Crippen molar-refractivity contribution in [1.82, 2.24) is 15.6 Å². The van der Waals surface area contributed by atoms with E-state index >= 15 is 0 Å². The smallest absolute Gasteiger partial charge is 0.252 e. The number of carbonyl (C=O) groups excluding carboxylic acids is 2. The first-order chi connectivity index (χ1) is 15.1. The van der Waals surface area contributed by atoms with Crippen LogP contribution in [0.3, 0.4) is 0 Å². The number of carbonyl (C=O) groups is 2. The molecule has 0 saturated heterocycles. The Hall–Kier alpha value is -3.99. The average molecular weight is 409 g/mol. The van der Waals surface area contributed by atoms with Gasteiger partial charge in [-0.3, -0.25) is 9.59 Å². The van der Waals surface area contributed by atoms with E-state index in [0.29, 0.717) is 24.2 Å². The topological polar surface area (TPSA) is 71.1 Å². The van der Waals surface area contributed by atoms with Crippen molar-refractivity contribution in [3.63, 3.8) is 0 Å². The monoisotopic (exact) mass is 409 g/mol. The van der Waals surface area contributed by atoms with Crippen molar-refractivity contribution in [2.45, 2.75) is 6.92 Å². The van der Waals surface area contributed by atoms with E-state index in [1.807, 2.05) is 85.8 Å². The molecule has 2 N–H and O–H groups in total. The predicted molar refractivity (Wildman–Crippen MR) is 123 cm³/mol. The molecule has 0 aliphatic heterocycles. The van der Waals surface area contributed by atoms with Crippen LogP contribution < -0.4 is 10.6 Å². The molecular formula is C26H23N3O2. The van der Waals surface area contributed by atoms with E-state index in [-0.39, 0.29) is 11.8 Å². The van der Waals surface area contributed by atoms with Crippen LogP contribution in [0.2, 0.25) is 0 Å². The standard InChI is InChI=1S/C26H23N3O2/c1-18-9-5-6-12-20(18)25(30)27-15-16-28-26(31)22-17-24(19-10-3-2-4-11-19)29-23-14-8-7-13-21(22)23/h2-14,17H,15-16H2,1H3,(H,27,30)(H,28,31). The third-order valence-corrected chi connectivity index (χ3v) is 5.12. The van der Waals surface area contributed by atoms with E-state index in [1.54, 1.807) is 6.07 Å². The summed E-state index contributed by atoms with van der Waals surface area (Å²) in [6.45, 7) is 2.57. The number of para-hydroxylation sites is 1. The maximum Gasteiger partial charge on any atom is 0.252 e. The van der Waals surface area contributed by atoms with Gasteiger partial charge in [0.1, 0.15) is 0 Å². The van der Waals surface area contributed by atoms with Gasteiger partial charge in [0.2, 0.25) is 0 Å². The number of aromatic nitrogens is 1. The normalized spacial score (nSPS) is 10.6. The lowest BCUT2D eigenvalue weighted by molar-refractivity contribution is 0.0928. The highest BCUT2D eigenvalue weighted by atomic mass is 16.2. The Morgan fingerprint density at radius 3 is 2.10 bits per heavy atom. The lowest BCUT2D eigenvalue weighted by atomic mass is 10.0. The van der Waals surface area contributed by atoms with Crippen molar-refractivity contribution >= 4 is 22.7 Å². The number of nitrogens with one attached hydrogen (secondary N) is 2. The van der Waals surface area contributed by atoms with Gasteiger partial charge in [0.05, 0.1) is 16.8 Å². The van der Waals surface area contributed by atoms with Crippen LogP contribution in [-0.4, -0.2) is 29.9 Å². The fourth-order valence-electron chi connectivity index (χ4n) is 3.49. The molecular weight excluding hydrogens is 386 g/mol. The van der Waals surface area contributed by atoms with E-state index in [1.165, 1.54) is 0 Å². The van der Waals surface area contributed by atoms with Crippen LogP contribution in [0.25, 0.3) is 22.2 Å². The largest absolute Gasteiger partial charge is 0.350 e. The summed E-state index contributed by atoms with van der Waals surface area (Å²) in [4.78, 5) is 30.0. The van der Waals surface area contributed by atoms with E-state index in [2.05, 4.69) is 10.6 Å². The Morgan fingerprint density at radius 2 is 1.35 bits per heavy atom. The van der Waals surface area contributed by atoms with Gasteiger partial charge in [-0.15, -0.1) is 0 Å². The van der Waals surface area contributed by atoms with E-state index in [4.69, 9.17) is 4.98 Å². The lowest BCUT2D eigenvalue weighted by Crippen LogP contribution is -2.35. The number of amides is 2. The number of hydrogen-bond acceptors (Lipinski definition) is 3.